The number of ether oxygens (including phenoxy) is 1. The van der Waals surface area contributed by atoms with Crippen LogP contribution in [0, 0.1) is 5.92 Å². The number of morpholine rings is 1. The minimum Gasteiger partial charge on any atom is -0.480 e. The van der Waals surface area contributed by atoms with Gasteiger partial charge in [-0.1, -0.05) is 13.3 Å². The Bertz CT molecular complexity index is 337. The van der Waals surface area contributed by atoms with Gasteiger partial charge in [0, 0.05) is 13.1 Å². The Morgan fingerprint density at radius 3 is 3.00 bits per heavy atom. The number of likely N-dealkylation sites (N-methyl/N-ethyl adjacent to an activating group) is 1. The van der Waals surface area contributed by atoms with Crippen molar-refractivity contribution in [3.63, 3.8) is 0 Å². The highest BCUT2D eigenvalue weighted by Gasteiger charge is 2.48. The van der Waals surface area contributed by atoms with Crippen LogP contribution in [0.2, 0.25) is 0 Å². The van der Waals surface area contributed by atoms with E-state index in [0.717, 1.165) is 58.5 Å². The van der Waals surface area contributed by atoms with Crippen molar-refractivity contribution < 1.29 is 14.6 Å². The Labute approximate surface area is 121 Å². The molecule has 0 spiro atoms. The van der Waals surface area contributed by atoms with Crippen molar-refractivity contribution in [2.45, 2.75) is 51.2 Å². The van der Waals surface area contributed by atoms with Crippen molar-refractivity contribution in [2.75, 3.05) is 32.8 Å². The summed E-state index contributed by atoms with van der Waals surface area (Å²) in [6.45, 7) is 8.53. The molecule has 116 valence electrons. The summed E-state index contributed by atoms with van der Waals surface area (Å²) in [7, 11) is 0. The molecule has 1 aliphatic carbocycles. The molecule has 1 aliphatic heterocycles. The van der Waals surface area contributed by atoms with Gasteiger partial charge in [-0.3, -0.25) is 9.69 Å². The number of aliphatic carboxylic acids is 1. The molecule has 2 N–H and O–H groups in total. The molecule has 20 heavy (non-hydrogen) atoms. The fraction of sp³-hybridized carbons (Fsp3) is 0.933. The molecule has 1 saturated heterocycles. The minimum atomic E-state index is -0.688. The van der Waals surface area contributed by atoms with Gasteiger partial charge in [0.05, 0.1) is 12.7 Å². The number of hydrogen-bond acceptors (Lipinski definition) is 4. The van der Waals surface area contributed by atoms with Crippen LogP contribution < -0.4 is 5.32 Å². The van der Waals surface area contributed by atoms with E-state index in [0.29, 0.717) is 6.10 Å². The lowest BCUT2D eigenvalue weighted by molar-refractivity contribution is -0.146. The van der Waals surface area contributed by atoms with Crippen LogP contribution in [0.4, 0.5) is 0 Å². The molecule has 5 heteroatoms. The molecule has 3 atom stereocenters. The molecule has 2 aliphatic rings. The first-order chi connectivity index (χ1) is 9.58. The van der Waals surface area contributed by atoms with Crippen LogP contribution in [0.25, 0.3) is 0 Å². The Hall–Kier alpha value is -0.650. The second-order valence-corrected chi connectivity index (χ2v) is 6.17. The van der Waals surface area contributed by atoms with Crippen LogP contribution in [0.15, 0.2) is 0 Å². The monoisotopic (exact) mass is 284 g/mol. The summed E-state index contributed by atoms with van der Waals surface area (Å²) in [5.74, 6) is -0.421. The normalized spacial score (nSPS) is 35.3. The summed E-state index contributed by atoms with van der Waals surface area (Å²) >= 11 is 0. The number of carbonyl (C=O) groups is 1. The van der Waals surface area contributed by atoms with Gasteiger partial charge in [-0.05, 0) is 45.2 Å². The lowest BCUT2D eigenvalue weighted by atomic mass is 9.84. The Morgan fingerprint density at radius 1 is 1.55 bits per heavy atom. The molecule has 0 aromatic heterocycles. The summed E-state index contributed by atoms with van der Waals surface area (Å²) in [5.41, 5.74) is -0.688. The molecule has 2 fully saturated rings. The van der Waals surface area contributed by atoms with E-state index in [9.17, 15) is 9.90 Å². The molecule has 1 heterocycles. The van der Waals surface area contributed by atoms with Crippen LogP contribution in [0.3, 0.4) is 0 Å². The summed E-state index contributed by atoms with van der Waals surface area (Å²) in [6, 6.07) is 0. The van der Waals surface area contributed by atoms with E-state index in [1.165, 1.54) is 0 Å². The summed E-state index contributed by atoms with van der Waals surface area (Å²) in [5, 5.41) is 12.9. The van der Waals surface area contributed by atoms with E-state index in [1.54, 1.807) is 0 Å². The Kier molecular flexibility index (Phi) is 5.41. The molecule has 5 nitrogen and oxygen atoms in total. The molecule has 3 unspecified atom stereocenters. The van der Waals surface area contributed by atoms with Crippen LogP contribution in [-0.2, 0) is 9.53 Å². The minimum absolute atomic E-state index is 0.248. The van der Waals surface area contributed by atoms with Gasteiger partial charge < -0.3 is 15.2 Å². The standard InChI is InChI=1S/C15H28N2O3/c1-3-16-15(14(18)19)7-4-5-13(15)6-8-17-9-10-20-12(2)11-17/h12-13,16H,3-11H2,1-2H3,(H,18,19). The summed E-state index contributed by atoms with van der Waals surface area (Å²) in [4.78, 5) is 14.1. The molecule has 2 rings (SSSR count). The van der Waals surface area contributed by atoms with Crippen molar-refractivity contribution in [3.05, 3.63) is 0 Å². The third-order valence-electron chi connectivity index (χ3n) is 4.81. The van der Waals surface area contributed by atoms with E-state index in [2.05, 4.69) is 17.1 Å². The van der Waals surface area contributed by atoms with Crippen molar-refractivity contribution >= 4 is 5.97 Å². The van der Waals surface area contributed by atoms with E-state index < -0.39 is 11.5 Å². The molecular formula is C15H28N2O3. The first-order valence-electron chi connectivity index (χ1n) is 7.91. The maximum absolute atomic E-state index is 11.7. The van der Waals surface area contributed by atoms with Gasteiger partial charge in [0.15, 0.2) is 0 Å². The van der Waals surface area contributed by atoms with Crippen LogP contribution >= 0.6 is 0 Å². The van der Waals surface area contributed by atoms with Gasteiger partial charge in [-0.2, -0.15) is 0 Å². The van der Waals surface area contributed by atoms with Crippen molar-refractivity contribution in [1.82, 2.24) is 10.2 Å². The smallest absolute Gasteiger partial charge is 0.324 e. The molecule has 1 saturated carbocycles. The van der Waals surface area contributed by atoms with Crippen molar-refractivity contribution in [2.24, 2.45) is 5.92 Å². The van der Waals surface area contributed by atoms with E-state index in [4.69, 9.17) is 4.74 Å². The van der Waals surface area contributed by atoms with E-state index in [-0.39, 0.29) is 5.92 Å². The Balaban J connectivity index is 1.91. The number of carboxylic acids is 1. The zero-order chi connectivity index (χ0) is 14.6. The first kappa shape index (κ1) is 15.7. The topological polar surface area (TPSA) is 61.8 Å². The highest BCUT2D eigenvalue weighted by atomic mass is 16.5. The Morgan fingerprint density at radius 2 is 2.35 bits per heavy atom. The molecular weight excluding hydrogens is 256 g/mol. The quantitative estimate of drug-likeness (QED) is 0.770. The number of carboxylic acid groups (broad SMARTS) is 1. The predicted molar refractivity (Wildman–Crippen MR) is 77.9 cm³/mol. The van der Waals surface area contributed by atoms with Gasteiger partial charge in [0.2, 0.25) is 0 Å². The maximum atomic E-state index is 11.7. The van der Waals surface area contributed by atoms with Crippen LogP contribution in [-0.4, -0.2) is 60.4 Å². The number of nitrogens with one attached hydrogen (secondary N) is 1. The summed E-state index contributed by atoms with van der Waals surface area (Å²) in [6.07, 6.45) is 4.07. The average Bonchev–Trinajstić information content (AvgIpc) is 2.81. The van der Waals surface area contributed by atoms with Gasteiger partial charge in [0.1, 0.15) is 5.54 Å². The zero-order valence-corrected chi connectivity index (χ0v) is 12.7. The van der Waals surface area contributed by atoms with E-state index in [1.807, 2.05) is 6.92 Å². The van der Waals surface area contributed by atoms with Gasteiger partial charge in [0.25, 0.3) is 0 Å². The number of rotatable bonds is 6. The SMILES string of the molecule is CCNC1(C(=O)O)CCCC1CCN1CCOC(C)C1. The predicted octanol–water partition coefficient (Wildman–Crippen LogP) is 1.33. The largest absolute Gasteiger partial charge is 0.480 e. The third-order valence-corrected chi connectivity index (χ3v) is 4.81. The van der Waals surface area contributed by atoms with Gasteiger partial charge in [-0.15, -0.1) is 0 Å². The lowest BCUT2D eigenvalue weighted by Gasteiger charge is -2.35. The highest BCUT2D eigenvalue weighted by molar-refractivity contribution is 5.79. The van der Waals surface area contributed by atoms with Gasteiger partial charge >= 0.3 is 5.97 Å². The summed E-state index contributed by atoms with van der Waals surface area (Å²) < 4.78 is 5.55. The maximum Gasteiger partial charge on any atom is 0.324 e. The zero-order valence-electron chi connectivity index (χ0n) is 12.7. The number of nitrogens with zero attached hydrogens (tertiary/aromatic N) is 1. The lowest BCUT2D eigenvalue weighted by Crippen LogP contribution is -2.55. The van der Waals surface area contributed by atoms with Crippen LogP contribution in [0.1, 0.15) is 39.5 Å². The van der Waals surface area contributed by atoms with Crippen LogP contribution in [0.5, 0.6) is 0 Å². The first-order valence-corrected chi connectivity index (χ1v) is 7.91. The molecule has 0 bridgehead atoms. The molecule has 0 radical (unpaired) electrons. The van der Waals surface area contributed by atoms with Crippen molar-refractivity contribution in [3.8, 4) is 0 Å². The molecule has 0 amide bonds. The average molecular weight is 284 g/mol. The molecule has 0 aromatic carbocycles. The highest BCUT2D eigenvalue weighted by Crippen LogP contribution is 2.38. The second-order valence-electron chi connectivity index (χ2n) is 6.17. The van der Waals surface area contributed by atoms with Gasteiger partial charge in [-0.25, -0.2) is 0 Å². The van der Waals surface area contributed by atoms with Crippen molar-refractivity contribution in [1.29, 1.82) is 0 Å². The third kappa shape index (κ3) is 3.32. The number of hydrogen-bond donors (Lipinski definition) is 2. The van der Waals surface area contributed by atoms with E-state index >= 15 is 0 Å². The second kappa shape index (κ2) is 6.87. The fourth-order valence-corrected chi connectivity index (χ4v) is 3.81. The fourth-order valence-electron chi connectivity index (χ4n) is 3.81. The molecule has 0 aromatic rings.